The number of nitrogens with one attached hydrogen (secondary N) is 1. The fraction of sp³-hybridized carbons (Fsp3) is 1.00. The molecule has 0 heterocycles. The van der Waals surface area contributed by atoms with Gasteiger partial charge in [-0.2, -0.15) is 0 Å². The van der Waals surface area contributed by atoms with Crippen molar-refractivity contribution >= 4 is 0 Å². The third-order valence-electron chi connectivity index (χ3n) is 5.92. The summed E-state index contributed by atoms with van der Waals surface area (Å²) in [4.78, 5) is 0. The maximum absolute atomic E-state index is 6.04. The van der Waals surface area contributed by atoms with E-state index in [2.05, 4.69) is 19.2 Å². The second-order valence-corrected chi connectivity index (χ2v) is 7.32. The van der Waals surface area contributed by atoms with Gasteiger partial charge in [-0.1, -0.05) is 6.92 Å². The van der Waals surface area contributed by atoms with Crippen LogP contribution in [-0.4, -0.2) is 18.6 Å². The van der Waals surface area contributed by atoms with Gasteiger partial charge in [-0.3, -0.25) is 0 Å². The SMILES string of the molecule is CC1(C(C)(CN)NCC(C2CC2)C2CC2)CC1. The molecule has 17 heavy (non-hydrogen) atoms. The van der Waals surface area contributed by atoms with E-state index in [1.54, 1.807) is 0 Å². The van der Waals surface area contributed by atoms with Crippen molar-refractivity contribution in [3.05, 3.63) is 0 Å². The van der Waals surface area contributed by atoms with E-state index < -0.39 is 0 Å². The summed E-state index contributed by atoms with van der Waals surface area (Å²) in [5.74, 6) is 3.05. The van der Waals surface area contributed by atoms with Crippen LogP contribution in [0.3, 0.4) is 0 Å². The molecule has 3 aliphatic carbocycles. The van der Waals surface area contributed by atoms with E-state index in [1.807, 2.05) is 0 Å². The first-order valence-corrected chi connectivity index (χ1v) is 7.53. The molecule has 98 valence electrons. The topological polar surface area (TPSA) is 38.0 Å². The minimum atomic E-state index is 0.176. The smallest absolute Gasteiger partial charge is 0.0329 e. The van der Waals surface area contributed by atoms with Gasteiger partial charge in [0.25, 0.3) is 0 Å². The largest absolute Gasteiger partial charge is 0.329 e. The van der Waals surface area contributed by atoms with Gasteiger partial charge in [0.05, 0.1) is 0 Å². The molecule has 0 saturated heterocycles. The maximum atomic E-state index is 6.04. The van der Waals surface area contributed by atoms with Crippen LogP contribution in [0, 0.1) is 23.2 Å². The van der Waals surface area contributed by atoms with Gasteiger partial charge in [0.15, 0.2) is 0 Å². The lowest BCUT2D eigenvalue weighted by atomic mass is 9.83. The number of hydrogen-bond acceptors (Lipinski definition) is 2. The lowest BCUT2D eigenvalue weighted by Crippen LogP contribution is -2.56. The quantitative estimate of drug-likeness (QED) is 0.713. The zero-order valence-electron chi connectivity index (χ0n) is 11.5. The molecule has 3 fully saturated rings. The van der Waals surface area contributed by atoms with Crippen LogP contribution in [0.5, 0.6) is 0 Å². The Hall–Kier alpha value is -0.0800. The zero-order valence-corrected chi connectivity index (χ0v) is 11.5. The molecule has 0 aromatic carbocycles. The third kappa shape index (κ3) is 2.26. The number of rotatable bonds is 7. The fourth-order valence-corrected chi connectivity index (χ4v) is 3.38. The van der Waals surface area contributed by atoms with Gasteiger partial charge in [0.1, 0.15) is 0 Å². The normalized spacial score (nSPS) is 30.4. The highest BCUT2D eigenvalue weighted by Gasteiger charge is 2.52. The molecule has 0 radical (unpaired) electrons. The van der Waals surface area contributed by atoms with Crippen molar-refractivity contribution in [3.8, 4) is 0 Å². The standard InChI is InChI=1S/C15H28N2/c1-14(7-8-14)15(2,10-16)17-9-13(11-3-4-11)12-5-6-12/h11-13,17H,3-10,16H2,1-2H3. The molecule has 0 bridgehead atoms. The average Bonchev–Trinajstić information content (AvgIpc) is 3.12. The highest BCUT2D eigenvalue weighted by Crippen LogP contribution is 2.54. The second-order valence-electron chi connectivity index (χ2n) is 7.32. The summed E-state index contributed by atoms with van der Waals surface area (Å²) >= 11 is 0. The van der Waals surface area contributed by atoms with Gasteiger partial charge in [-0.15, -0.1) is 0 Å². The molecule has 2 heteroatoms. The Kier molecular flexibility index (Phi) is 2.79. The van der Waals surface area contributed by atoms with E-state index in [0.29, 0.717) is 5.41 Å². The molecule has 3 N–H and O–H groups in total. The first-order valence-electron chi connectivity index (χ1n) is 7.53. The fourth-order valence-electron chi connectivity index (χ4n) is 3.38. The first-order chi connectivity index (χ1) is 8.08. The molecule has 3 saturated carbocycles. The molecule has 0 aromatic heterocycles. The van der Waals surface area contributed by atoms with E-state index >= 15 is 0 Å². The molecule has 0 amide bonds. The van der Waals surface area contributed by atoms with Crippen LogP contribution in [0.2, 0.25) is 0 Å². The Morgan fingerprint density at radius 2 is 1.76 bits per heavy atom. The molecular formula is C15H28N2. The first kappa shape index (κ1) is 12.0. The predicted molar refractivity (Wildman–Crippen MR) is 71.7 cm³/mol. The summed E-state index contributed by atoms with van der Waals surface area (Å²) in [6.07, 6.45) is 8.65. The van der Waals surface area contributed by atoms with Crippen LogP contribution in [0.4, 0.5) is 0 Å². The van der Waals surface area contributed by atoms with Crippen LogP contribution in [0.1, 0.15) is 52.4 Å². The molecule has 0 aromatic rings. The Morgan fingerprint density at radius 3 is 2.12 bits per heavy atom. The molecule has 1 atom stereocenters. The summed E-state index contributed by atoms with van der Waals surface area (Å²) in [7, 11) is 0. The van der Waals surface area contributed by atoms with E-state index in [1.165, 1.54) is 45.1 Å². The summed E-state index contributed by atoms with van der Waals surface area (Å²) in [5.41, 5.74) is 6.69. The van der Waals surface area contributed by atoms with Crippen LogP contribution >= 0.6 is 0 Å². The van der Waals surface area contributed by atoms with E-state index in [4.69, 9.17) is 5.73 Å². The van der Waals surface area contributed by atoms with Gasteiger partial charge < -0.3 is 11.1 Å². The van der Waals surface area contributed by atoms with Gasteiger partial charge in [0, 0.05) is 12.1 Å². The zero-order chi connectivity index (χ0) is 12.1. The average molecular weight is 236 g/mol. The van der Waals surface area contributed by atoms with Gasteiger partial charge in [-0.25, -0.2) is 0 Å². The van der Waals surface area contributed by atoms with Gasteiger partial charge in [0.2, 0.25) is 0 Å². The van der Waals surface area contributed by atoms with Gasteiger partial charge in [-0.05, 0) is 75.2 Å². The lowest BCUT2D eigenvalue weighted by Gasteiger charge is -2.38. The minimum absolute atomic E-state index is 0.176. The van der Waals surface area contributed by atoms with Crippen LogP contribution < -0.4 is 11.1 Å². The number of hydrogen-bond donors (Lipinski definition) is 2. The van der Waals surface area contributed by atoms with Crippen molar-refractivity contribution in [1.82, 2.24) is 5.32 Å². The second kappa shape index (κ2) is 3.96. The summed E-state index contributed by atoms with van der Waals surface area (Å²) in [6, 6.07) is 0. The lowest BCUT2D eigenvalue weighted by molar-refractivity contribution is 0.208. The van der Waals surface area contributed by atoms with Crippen LogP contribution in [-0.2, 0) is 0 Å². The Labute approximate surface area is 106 Å². The van der Waals surface area contributed by atoms with Crippen molar-refractivity contribution in [3.63, 3.8) is 0 Å². The Morgan fingerprint density at radius 1 is 1.24 bits per heavy atom. The van der Waals surface area contributed by atoms with E-state index in [9.17, 15) is 0 Å². The highest BCUT2D eigenvalue weighted by atomic mass is 15.0. The summed E-state index contributed by atoms with van der Waals surface area (Å²) in [5, 5.41) is 3.87. The summed E-state index contributed by atoms with van der Waals surface area (Å²) in [6.45, 7) is 6.75. The van der Waals surface area contributed by atoms with Gasteiger partial charge >= 0.3 is 0 Å². The van der Waals surface area contributed by atoms with Crippen LogP contribution in [0.25, 0.3) is 0 Å². The molecular weight excluding hydrogens is 208 g/mol. The molecule has 0 spiro atoms. The summed E-state index contributed by atoms with van der Waals surface area (Å²) < 4.78 is 0. The van der Waals surface area contributed by atoms with Crippen molar-refractivity contribution in [2.45, 2.75) is 57.9 Å². The molecule has 1 unspecified atom stereocenters. The third-order valence-corrected chi connectivity index (χ3v) is 5.92. The Bertz CT molecular complexity index is 277. The minimum Gasteiger partial charge on any atom is -0.329 e. The van der Waals surface area contributed by atoms with Crippen LogP contribution in [0.15, 0.2) is 0 Å². The number of nitrogens with two attached hydrogens (primary N) is 1. The Balaban J connectivity index is 1.57. The monoisotopic (exact) mass is 236 g/mol. The highest BCUT2D eigenvalue weighted by molar-refractivity contribution is 5.09. The molecule has 3 aliphatic rings. The molecule has 2 nitrogen and oxygen atoms in total. The van der Waals surface area contributed by atoms with Crippen molar-refractivity contribution < 1.29 is 0 Å². The molecule has 0 aliphatic heterocycles. The molecule has 3 rings (SSSR count). The van der Waals surface area contributed by atoms with E-state index in [-0.39, 0.29) is 5.54 Å². The maximum Gasteiger partial charge on any atom is 0.0329 e. The predicted octanol–water partition coefficient (Wildman–Crippen LogP) is 2.53. The van der Waals surface area contributed by atoms with E-state index in [0.717, 1.165) is 24.3 Å². The van der Waals surface area contributed by atoms with Crippen molar-refractivity contribution in [2.24, 2.45) is 28.9 Å². The van der Waals surface area contributed by atoms with Crippen molar-refractivity contribution in [2.75, 3.05) is 13.1 Å². The van der Waals surface area contributed by atoms with Crippen molar-refractivity contribution in [1.29, 1.82) is 0 Å².